The number of nitrogens with one attached hydrogen (secondary N) is 3. The van der Waals surface area contributed by atoms with Gasteiger partial charge in [-0.3, -0.25) is 9.59 Å². The molecule has 35 heavy (non-hydrogen) atoms. The van der Waals surface area contributed by atoms with Gasteiger partial charge < -0.3 is 20.9 Å². The van der Waals surface area contributed by atoms with Crippen LogP contribution in [0.1, 0.15) is 39.0 Å². The first-order valence-corrected chi connectivity index (χ1v) is 13.9. The fourth-order valence-electron chi connectivity index (χ4n) is 4.83. The Hall–Kier alpha value is -2.59. The van der Waals surface area contributed by atoms with E-state index in [1.807, 2.05) is 23.2 Å². The first-order chi connectivity index (χ1) is 17.1. The third-order valence-corrected chi connectivity index (χ3v) is 9.31. The Morgan fingerprint density at radius 1 is 1.09 bits per heavy atom. The van der Waals surface area contributed by atoms with E-state index in [1.54, 1.807) is 11.3 Å². The molecule has 2 aromatic heterocycles. The number of anilines is 1. The van der Waals surface area contributed by atoms with Crippen LogP contribution in [0.5, 0.6) is 0 Å². The summed E-state index contributed by atoms with van der Waals surface area (Å²) in [5.41, 5.74) is 2.60. The molecule has 0 spiro atoms. The van der Waals surface area contributed by atoms with E-state index in [1.165, 1.54) is 27.3 Å². The van der Waals surface area contributed by atoms with E-state index in [0.29, 0.717) is 18.0 Å². The van der Waals surface area contributed by atoms with Crippen molar-refractivity contribution in [2.24, 2.45) is 5.92 Å². The molecule has 2 amide bonds. The van der Waals surface area contributed by atoms with Crippen LogP contribution in [-0.2, 0) is 11.2 Å². The van der Waals surface area contributed by atoms with Crippen LogP contribution in [0, 0.1) is 5.92 Å². The second kappa shape index (κ2) is 9.81. The number of hydrogen-bond donors (Lipinski definition) is 3. The molecule has 0 unspecified atom stereocenters. The Morgan fingerprint density at radius 2 is 1.91 bits per heavy atom. The van der Waals surface area contributed by atoms with Gasteiger partial charge in [-0.2, -0.15) is 0 Å². The molecule has 3 saturated heterocycles. The normalized spacial score (nSPS) is 20.5. The zero-order chi connectivity index (χ0) is 23.8. The van der Waals surface area contributed by atoms with E-state index in [-0.39, 0.29) is 23.8 Å². The molecule has 9 heteroatoms. The number of amides is 2. The average molecular weight is 508 g/mol. The van der Waals surface area contributed by atoms with Gasteiger partial charge in [0.05, 0.1) is 25.8 Å². The van der Waals surface area contributed by atoms with Crippen molar-refractivity contribution in [3.8, 4) is 10.4 Å². The summed E-state index contributed by atoms with van der Waals surface area (Å²) in [5.74, 6) is 1.07. The quantitative estimate of drug-likeness (QED) is 0.455. The lowest BCUT2D eigenvalue weighted by molar-refractivity contribution is -0.117. The molecule has 1 aromatic carbocycles. The third kappa shape index (κ3) is 4.91. The van der Waals surface area contributed by atoms with Gasteiger partial charge in [-0.1, -0.05) is 24.3 Å². The van der Waals surface area contributed by atoms with E-state index >= 15 is 0 Å². The van der Waals surface area contributed by atoms with Crippen molar-refractivity contribution in [1.82, 2.24) is 20.5 Å². The first-order valence-electron chi connectivity index (χ1n) is 12.3. The van der Waals surface area contributed by atoms with Gasteiger partial charge in [0.15, 0.2) is 0 Å². The highest BCUT2D eigenvalue weighted by atomic mass is 32.1. The number of thiophene rings is 1. The molecular weight excluding hydrogens is 478 g/mol. The van der Waals surface area contributed by atoms with Gasteiger partial charge >= 0.3 is 0 Å². The number of likely N-dealkylation sites (tertiary alicyclic amines) is 1. The lowest BCUT2D eigenvalue weighted by Gasteiger charge is -2.37. The van der Waals surface area contributed by atoms with Crippen molar-refractivity contribution < 1.29 is 9.59 Å². The van der Waals surface area contributed by atoms with E-state index in [2.05, 4.69) is 45.2 Å². The fraction of sp³-hybridized carbons (Fsp3) is 0.423. The highest BCUT2D eigenvalue weighted by molar-refractivity contribution is 7.18. The second-order valence-electron chi connectivity index (χ2n) is 9.70. The maximum absolute atomic E-state index is 12.9. The SMILES string of the molecule is O=C(Nc1ccc(C(=O)N2CC(c3ncc(-c4ccc(CC5CNC5)cc4)s3)C2)s1)[C@@H]1CCCN1. The molecule has 182 valence electrons. The van der Waals surface area contributed by atoms with Gasteiger partial charge in [-0.15, -0.1) is 22.7 Å². The number of nitrogens with zero attached hydrogens (tertiary/aromatic N) is 2. The predicted molar refractivity (Wildman–Crippen MR) is 140 cm³/mol. The summed E-state index contributed by atoms with van der Waals surface area (Å²) in [4.78, 5) is 33.6. The van der Waals surface area contributed by atoms with Crippen LogP contribution in [0.15, 0.2) is 42.6 Å². The summed E-state index contributed by atoms with van der Waals surface area (Å²) in [6, 6.07) is 12.4. The zero-order valence-electron chi connectivity index (χ0n) is 19.5. The number of carbonyl (C=O) groups is 2. The number of rotatable bonds is 7. The fourth-order valence-corrected chi connectivity index (χ4v) is 6.72. The van der Waals surface area contributed by atoms with Gasteiger partial charge in [0.1, 0.15) is 0 Å². The van der Waals surface area contributed by atoms with E-state index in [9.17, 15) is 9.59 Å². The van der Waals surface area contributed by atoms with Crippen LogP contribution in [0.3, 0.4) is 0 Å². The third-order valence-electron chi connectivity index (χ3n) is 7.11. The molecular formula is C26H29N5O2S2. The van der Waals surface area contributed by atoms with Gasteiger partial charge in [-0.25, -0.2) is 4.98 Å². The molecule has 0 bridgehead atoms. The standard InChI is InChI=1S/C26H29N5O2S2/c32-24(20-2-1-9-28-20)30-23-8-7-21(34-23)26(33)31-14-19(15-31)25-29-13-22(35-25)18-5-3-16(4-6-18)10-17-11-27-12-17/h3-8,13,17,19-20,27-28H,1-2,9-12,14-15H2,(H,30,32)/t20-/m0/s1. The van der Waals surface area contributed by atoms with Gasteiger partial charge in [0.2, 0.25) is 5.91 Å². The second-order valence-corrected chi connectivity index (χ2v) is 11.8. The number of aromatic nitrogens is 1. The molecule has 0 saturated carbocycles. The summed E-state index contributed by atoms with van der Waals surface area (Å²) in [5, 5.41) is 11.3. The van der Waals surface area contributed by atoms with E-state index in [4.69, 9.17) is 0 Å². The topological polar surface area (TPSA) is 86.4 Å². The Bertz CT molecular complexity index is 1200. The predicted octanol–water partition coefficient (Wildman–Crippen LogP) is 3.56. The maximum atomic E-state index is 12.9. The molecule has 1 atom stereocenters. The minimum Gasteiger partial charge on any atom is -0.336 e. The minimum absolute atomic E-state index is 0.0164. The van der Waals surface area contributed by atoms with Gasteiger partial charge in [0, 0.05) is 25.2 Å². The molecule has 5 heterocycles. The highest BCUT2D eigenvalue weighted by Crippen LogP contribution is 2.36. The van der Waals surface area contributed by atoms with Crippen molar-refractivity contribution in [2.75, 3.05) is 38.0 Å². The molecule has 6 rings (SSSR count). The van der Waals surface area contributed by atoms with Crippen LogP contribution in [0.25, 0.3) is 10.4 Å². The summed E-state index contributed by atoms with van der Waals surface area (Å²) in [6.45, 7) is 4.51. The molecule has 3 N–H and O–H groups in total. The van der Waals surface area contributed by atoms with Crippen LogP contribution >= 0.6 is 22.7 Å². The average Bonchev–Trinajstić information content (AvgIpc) is 3.57. The Balaban J connectivity index is 1.02. The van der Waals surface area contributed by atoms with Crippen molar-refractivity contribution in [1.29, 1.82) is 0 Å². The lowest BCUT2D eigenvalue weighted by atomic mass is 9.94. The Kier molecular flexibility index (Phi) is 6.40. The summed E-state index contributed by atoms with van der Waals surface area (Å²) < 4.78 is 0. The van der Waals surface area contributed by atoms with Crippen LogP contribution in [0.2, 0.25) is 0 Å². The number of thiazole rings is 1. The Morgan fingerprint density at radius 3 is 2.63 bits per heavy atom. The van der Waals surface area contributed by atoms with Crippen LogP contribution in [0.4, 0.5) is 5.00 Å². The Labute approximate surface area is 213 Å². The molecule has 0 radical (unpaired) electrons. The lowest BCUT2D eigenvalue weighted by Crippen LogP contribution is -2.48. The van der Waals surface area contributed by atoms with Gasteiger partial charge in [0.25, 0.3) is 5.91 Å². The monoisotopic (exact) mass is 507 g/mol. The van der Waals surface area contributed by atoms with E-state index in [0.717, 1.165) is 54.8 Å². The largest absolute Gasteiger partial charge is 0.336 e. The van der Waals surface area contributed by atoms with Crippen molar-refractivity contribution in [3.05, 3.63) is 58.0 Å². The molecule has 3 aromatic rings. The zero-order valence-corrected chi connectivity index (χ0v) is 21.1. The van der Waals surface area contributed by atoms with Gasteiger partial charge in [-0.05, 0) is 68.1 Å². The first kappa shape index (κ1) is 22.8. The van der Waals surface area contributed by atoms with Crippen LogP contribution < -0.4 is 16.0 Å². The number of carbonyl (C=O) groups excluding carboxylic acids is 2. The minimum atomic E-state index is -0.126. The molecule has 3 aliphatic heterocycles. The van der Waals surface area contributed by atoms with E-state index < -0.39 is 0 Å². The maximum Gasteiger partial charge on any atom is 0.264 e. The van der Waals surface area contributed by atoms with Crippen molar-refractivity contribution in [3.63, 3.8) is 0 Å². The molecule has 3 aliphatic rings. The molecule has 0 aliphatic carbocycles. The van der Waals surface area contributed by atoms with Crippen LogP contribution in [-0.4, -0.2) is 60.5 Å². The summed E-state index contributed by atoms with van der Waals surface area (Å²) in [7, 11) is 0. The summed E-state index contributed by atoms with van der Waals surface area (Å²) >= 11 is 3.07. The number of hydrogen-bond acceptors (Lipinski definition) is 7. The smallest absolute Gasteiger partial charge is 0.264 e. The molecule has 7 nitrogen and oxygen atoms in total. The van der Waals surface area contributed by atoms with Crippen molar-refractivity contribution in [2.45, 2.75) is 31.2 Å². The summed E-state index contributed by atoms with van der Waals surface area (Å²) in [6.07, 6.45) is 4.99. The molecule has 3 fully saturated rings. The highest BCUT2D eigenvalue weighted by Gasteiger charge is 2.35. The number of benzene rings is 1. The van der Waals surface area contributed by atoms with Crippen molar-refractivity contribution >= 4 is 39.5 Å².